The summed E-state index contributed by atoms with van der Waals surface area (Å²) in [6.45, 7) is 2.89. The number of aryl methyl sites for hydroxylation is 1. The van der Waals surface area contributed by atoms with E-state index < -0.39 is 5.97 Å². The molecule has 0 saturated heterocycles. The van der Waals surface area contributed by atoms with Crippen molar-refractivity contribution in [2.24, 2.45) is 0 Å². The highest BCUT2D eigenvalue weighted by Gasteiger charge is 2.22. The van der Waals surface area contributed by atoms with Gasteiger partial charge in [0, 0.05) is 0 Å². The fourth-order valence-corrected chi connectivity index (χ4v) is 3.55. The summed E-state index contributed by atoms with van der Waals surface area (Å²) in [5, 5.41) is 0.802. The van der Waals surface area contributed by atoms with Gasteiger partial charge < -0.3 is 14.2 Å². The molecule has 7 heteroatoms. The Kier molecular flexibility index (Phi) is 3.86. The lowest BCUT2D eigenvalue weighted by Crippen LogP contribution is -2.15. The summed E-state index contributed by atoms with van der Waals surface area (Å²) in [6, 6.07) is 3.76. The average Bonchev–Trinajstić information content (AvgIpc) is 2.88. The third-order valence-electron chi connectivity index (χ3n) is 2.97. The molecule has 21 heavy (non-hydrogen) atoms. The van der Waals surface area contributed by atoms with E-state index >= 15 is 0 Å². The summed E-state index contributed by atoms with van der Waals surface area (Å²) in [6.07, 6.45) is 0. The lowest BCUT2D eigenvalue weighted by atomic mass is 10.1. The zero-order valence-corrected chi connectivity index (χ0v) is 13.8. The Morgan fingerprint density at radius 2 is 2.14 bits per heavy atom. The molecule has 0 spiro atoms. The Bertz CT molecular complexity index is 713. The molecular weight excluding hydrogens is 358 g/mol. The van der Waals surface area contributed by atoms with Gasteiger partial charge in [-0.05, 0) is 40.5 Å². The zero-order valence-electron chi connectivity index (χ0n) is 11.4. The van der Waals surface area contributed by atoms with Gasteiger partial charge in [0.05, 0.1) is 21.5 Å². The Hall–Kier alpha value is -1.60. The number of carbonyl (C=O) groups is 1. The minimum Gasteiger partial charge on any atom is -0.486 e. The van der Waals surface area contributed by atoms with Gasteiger partial charge in [-0.2, -0.15) is 0 Å². The molecule has 1 aromatic heterocycles. The van der Waals surface area contributed by atoms with Crippen LogP contribution < -0.4 is 9.47 Å². The van der Waals surface area contributed by atoms with Crippen molar-refractivity contribution in [2.45, 2.75) is 6.92 Å². The number of fused-ring (bicyclic) bond motifs is 1. The van der Waals surface area contributed by atoms with Gasteiger partial charge in [0.15, 0.2) is 17.2 Å². The van der Waals surface area contributed by atoms with E-state index in [9.17, 15) is 4.79 Å². The summed E-state index contributed by atoms with van der Waals surface area (Å²) in [4.78, 5) is 16.9. The molecule has 2 heterocycles. The molecule has 0 unspecified atom stereocenters. The molecule has 2 aromatic rings. The van der Waals surface area contributed by atoms with E-state index in [2.05, 4.69) is 20.9 Å². The maximum absolute atomic E-state index is 11.8. The fourth-order valence-electron chi connectivity index (χ4n) is 2.10. The van der Waals surface area contributed by atoms with Crippen molar-refractivity contribution in [2.75, 3.05) is 20.3 Å². The van der Waals surface area contributed by atoms with Gasteiger partial charge in [-0.3, -0.25) is 0 Å². The van der Waals surface area contributed by atoms with Crippen LogP contribution in [-0.2, 0) is 4.74 Å². The Morgan fingerprint density at radius 3 is 2.90 bits per heavy atom. The van der Waals surface area contributed by atoms with Crippen LogP contribution in [0.5, 0.6) is 11.5 Å². The van der Waals surface area contributed by atoms with Crippen LogP contribution in [0.15, 0.2) is 16.6 Å². The van der Waals surface area contributed by atoms with E-state index in [4.69, 9.17) is 14.2 Å². The highest BCUT2D eigenvalue weighted by atomic mass is 79.9. The van der Waals surface area contributed by atoms with Gasteiger partial charge in [-0.1, -0.05) is 0 Å². The van der Waals surface area contributed by atoms with E-state index in [1.165, 1.54) is 18.4 Å². The van der Waals surface area contributed by atoms with E-state index in [0.717, 1.165) is 19.9 Å². The number of rotatable bonds is 2. The topological polar surface area (TPSA) is 57.7 Å². The van der Waals surface area contributed by atoms with Gasteiger partial charge in [0.1, 0.15) is 13.2 Å². The van der Waals surface area contributed by atoms with Crippen LogP contribution in [0.4, 0.5) is 0 Å². The number of benzene rings is 1. The summed E-state index contributed by atoms with van der Waals surface area (Å²) < 4.78 is 16.8. The van der Waals surface area contributed by atoms with Crippen molar-refractivity contribution in [3.63, 3.8) is 0 Å². The Morgan fingerprint density at radius 1 is 1.38 bits per heavy atom. The number of aromatic nitrogens is 1. The van der Waals surface area contributed by atoms with Crippen LogP contribution in [0.25, 0.3) is 10.4 Å². The molecule has 5 nitrogen and oxygen atoms in total. The number of hydrogen-bond donors (Lipinski definition) is 0. The minimum absolute atomic E-state index is 0.323. The standard InChI is InChI=1S/C14H12BrNO4S/c1-7-16-11(14(17)18-2)13(21-7)8-5-9(15)12-10(6-8)19-3-4-20-12/h5-6H,3-4H2,1-2H3. The number of thiazole rings is 1. The van der Waals surface area contributed by atoms with Gasteiger partial charge in [0.2, 0.25) is 0 Å². The van der Waals surface area contributed by atoms with Gasteiger partial charge >= 0.3 is 5.97 Å². The van der Waals surface area contributed by atoms with E-state index in [0.29, 0.717) is 30.4 Å². The molecule has 1 aliphatic heterocycles. The average molecular weight is 370 g/mol. The van der Waals surface area contributed by atoms with Crippen LogP contribution in [0.2, 0.25) is 0 Å². The van der Waals surface area contributed by atoms with Crippen molar-refractivity contribution < 1.29 is 19.0 Å². The van der Waals surface area contributed by atoms with Crippen LogP contribution >= 0.6 is 27.3 Å². The first-order valence-corrected chi connectivity index (χ1v) is 7.86. The quantitative estimate of drug-likeness (QED) is 0.758. The molecule has 0 radical (unpaired) electrons. The predicted octanol–water partition coefficient (Wildman–Crippen LogP) is 3.44. The highest BCUT2D eigenvalue weighted by molar-refractivity contribution is 9.10. The second kappa shape index (κ2) is 5.65. The summed E-state index contributed by atoms with van der Waals surface area (Å²) >= 11 is 4.92. The van der Waals surface area contributed by atoms with Crippen LogP contribution in [0, 0.1) is 6.92 Å². The lowest BCUT2D eigenvalue weighted by molar-refractivity contribution is 0.0595. The van der Waals surface area contributed by atoms with E-state index in [1.807, 2.05) is 19.1 Å². The molecule has 0 bridgehead atoms. The minimum atomic E-state index is -0.444. The van der Waals surface area contributed by atoms with Crippen LogP contribution in [0.3, 0.4) is 0 Å². The fraction of sp³-hybridized carbons (Fsp3) is 0.286. The van der Waals surface area contributed by atoms with Gasteiger partial charge in [-0.25, -0.2) is 9.78 Å². The number of ether oxygens (including phenoxy) is 3. The zero-order chi connectivity index (χ0) is 15.0. The summed E-state index contributed by atoms with van der Waals surface area (Å²) in [5.74, 6) is 0.902. The smallest absolute Gasteiger partial charge is 0.358 e. The molecule has 1 aromatic carbocycles. The molecule has 0 saturated carbocycles. The number of halogens is 1. The van der Waals surface area contributed by atoms with Crippen molar-refractivity contribution in [1.82, 2.24) is 4.98 Å². The summed E-state index contributed by atoms with van der Waals surface area (Å²) in [7, 11) is 1.35. The van der Waals surface area contributed by atoms with E-state index in [1.54, 1.807) is 0 Å². The first-order valence-electron chi connectivity index (χ1n) is 6.25. The highest BCUT2D eigenvalue weighted by Crippen LogP contribution is 2.43. The third-order valence-corrected chi connectivity index (χ3v) is 4.58. The number of carbonyl (C=O) groups excluding carboxylic acids is 1. The maximum Gasteiger partial charge on any atom is 0.358 e. The predicted molar refractivity (Wildman–Crippen MR) is 82.3 cm³/mol. The van der Waals surface area contributed by atoms with E-state index in [-0.39, 0.29) is 0 Å². The van der Waals surface area contributed by atoms with Crippen LogP contribution in [-0.4, -0.2) is 31.3 Å². The largest absolute Gasteiger partial charge is 0.486 e. The molecule has 0 fully saturated rings. The SMILES string of the molecule is COC(=O)c1nc(C)sc1-c1cc(Br)c2c(c1)OCCO2. The normalized spacial score (nSPS) is 13.1. The first kappa shape index (κ1) is 14.3. The second-order valence-electron chi connectivity index (χ2n) is 4.38. The molecule has 0 N–H and O–H groups in total. The first-order chi connectivity index (χ1) is 10.1. The second-order valence-corrected chi connectivity index (χ2v) is 6.44. The third kappa shape index (κ3) is 2.63. The molecule has 0 aliphatic carbocycles. The molecule has 0 amide bonds. The van der Waals surface area contributed by atoms with Crippen LogP contribution in [0.1, 0.15) is 15.5 Å². The maximum atomic E-state index is 11.8. The van der Waals surface area contributed by atoms with Gasteiger partial charge in [0.25, 0.3) is 0 Å². The van der Waals surface area contributed by atoms with Crippen molar-refractivity contribution in [3.8, 4) is 21.9 Å². The Balaban J connectivity index is 2.13. The van der Waals surface area contributed by atoms with Crippen molar-refractivity contribution in [1.29, 1.82) is 0 Å². The molecule has 1 aliphatic rings. The monoisotopic (exact) mass is 369 g/mol. The lowest BCUT2D eigenvalue weighted by Gasteiger charge is -2.20. The molecule has 0 atom stereocenters. The summed E-state index contributed by atoms with van der Waals surface area (Å²) in [5.41, 5.74) is 1.17. The molecule has 3 rings (SSSR count). The van der Waals surface area contributed by atoms with Crippen molar-refractivity contribution >= 4 is 33.2 Å². The number of nitrogens with zero attached hydrogens (tertiary/aromatic N) is 1. The molecular formula is C14H12BrNO4S. The number of methoxy groups -OCH3 is 1. The van der Waals surface area contributed by atoms with Crippen molar-refractivity contribution in [3.05, 3.63) is 27.3 Å². The number of hydrogen-bond acceptors (Lipinski definition) is 6. The molecule has 110 valence electrons. The Labute approximate surface area is 134 Å². The van der Waals surface area contributed by atoms with Gasteiger partial charge in [-0.15, -0.1) is 11.3 Å². The number of esters is 1.